The molecule has 0 saturated carbocycles. The number of carboxylic acid groups (broad SMARTS) is 1. The van der Waals surface area contributed by atoms with Crippen LogP contribution in [0.25, 0.3) is 0 Å². The van der Waals surface area contributed by atoms with E-state index in [2.05, 4.69) is 16.0 Å². The molecular weight excluding hydrogens is 400 g/mol. The molecule has 0 spiro atoms. The quantitative estimate of drug-likeness (QED) is 0.164. The zero-order valence-corrected chi connectivity index (χ0v) is 16.0. The van der Waals surface area contributed by atoms with Gasteiger partial charge in [-0.3, -0.25) is 14.4 Å². The Kier molecular flexibility index (Phi) is 10.4. The van der Waals surface area contributed by atoms with E-state index in [4.69, 9.17) is 21.1 Å². The van der Waals surface area contributed by atoms with E-state index in [1.54, 1.807) is 30.3 Å². The molecule has 0 aromatic heterocycles. The molecule has 12 nitrogen and oxygen atoms in total. The van der Waals surface area contributed by atoms with Crippen LogP contribution in [-0.2, 0) is 25.6 Å². The largest absolute Gasteiger partial charge is 0.480 e. The summed E-state index contributed by atoms with van der Waals surface area (Å²) in [5.74, 6) is -4.16. The Labute approximate surface area is 172 Å². The number of carbonyl (C=O) groups excluding carboxylic acids is 3. The standard InChI is InChI=1S/C18H26N4O8/c19-11(7-23)15(26)21-13(8-24)17(28)20-12(6-10-4-2-1-3-5-10)16(27)22-14(9-25)18(29)30/h1-5,11-14,23-25H,6-9,19H2,(H,20,28)(H,21,26)(H,22,27)(H,29,30). The summed E-state index contributed by atoms with van der Waals surface area (Å²) in [6, 6.07) is 2.88. The van der Waals surface area contributed by atoms with E-state index in [-0.39, 0.29) is 6.42 Å². The fraction of sp³-hybridized carbons (Fsp3) is 0.444. The zero-order chi connectivity index (χ0) is 22.7. The lowest BCUT2D eigenvalue weighted by Crippen LogP contribution is -2.59. The minimum atomic E-state index is -1.58. The van der Waals surface area contributed by atoms with Gasteiger partial charge < -0.3 is 42.1 Å². The van der Waals surface area contributed by atoms with E-state index in [1.807, 2.05) is 0 Å². The molecule has 0 fully saturated rings. The molecule has 1 aromatic rings. The van der Waals surface area contributed by atoms with Gasteiger partial charge in [0.25, 0.3) is 0 Å². The molecule has 0 heterocycles. The van der Waals surface area contributed by atoms with E-state index < -0.39 is 67.7 Å². The lowest BCUT2D eigenvalue weighted by molar-refractivity contribution is -0.143. The number of nitrogens with two attached hydrogens (primary N) is 1. The number of aliphatic carboxylic acids is 1. The van der Waals surface area contributed by atoms with Crippen LogP contribution in [-0.4, -0.2) is 88.1 Å². The SMILES string of the molecule is NC(CO)C(=O)NC(CO)C(=O)NC(Cc1ccccc1)C(=O)NC(CO)C(=O)O. The van der Waals surface area contributed by atoms with Crippen LogP contribution in [0.15, 0.2) is 30.3 Å². The van der Waals surface area contributed by atoms with Gasteiger partial charge in [0.1, 0.15) is 24.2 Å². The normalized spacial score (nSPS) is 14.7. The third-order valence-corrected chi connectivity index (χ3v) is 4.06. The average Bonchev–Trinajstić information content (AvgIpc) is 2.74. The minimum Gasteiger partial charge on any atom is -0.480 e. The van der Waals surface area contributed by atoms with Crippen LogP contribution >= 0.6 is 0 Å². The first kappa shape index (κ1) is 25.0. The number of hydrogen-bond acceptors (Lipinski definition) is 8. The molecule has 0 radical (unpaired) electrons. The van der Waals surface area contributed by atoms with Crippen molar-refractivity contribution in [1.29, 1.82) is 0 Å². The highest BCUT2D eigenvalue weighted by Gasteiger charge is 2.30. The number of carboxylic acids is 1. The van der Waals surface area contributed by atoms with E-state index in [0.29, 0.717) is 5.56 Å². The predicted octanol–water partition coefficient (Wildman–Crippen LogP) is -3.93. The second-order valence-electron chi connectivity index (χ2n) is 6.37. The summed E-state index contributed by atoms with van der Waals surface area (Å²) < 4.78 is 0. The first-order chi connectivity index (χ1) is 14.2. The smallest absolute Gasteiger partial charge is 0.328 e. The van der Waals surface area contributed by atoms with Gasteiger partial charge >= 0.3 is 5.97 Å². The molecular formula is C18H26N4O8. The molecule has 0 saturated heterocycles. The van der Waals surface area contributed by atoms with E-state index in [9.17, 15) is 24.3 Å². The van der Waals surface area contributed by atoms with Crippen LogP contribution in [0.4, 0.5) is 0 Å². The van der Waals surface area contributed by atoms with Crippen molar-refractivity contribution in [3.8, 4) is 0 Å². The van der Waals surface area contributed by atoms with Crippen molar-refractivity contribution in [2.24, 2.45) is 5.73 Å². The third kappa shape index (κ3) is 7.75. The zero-order valence-electron chi connectivity index (χ0n) is 16.0. The highest BCUT2D eigenvalue weighted by Crippen LogP contribution is 2.05. The number of carbonyl (C=O) groups is 4. The number of rotatable bonds is 12. The first-order valence-electron chi connectivity index (χ1n) is 8.99. The Morgan fingerprint density at radius 2 is 1.27 bits per heavy atom. The lowest BCUT2D eigenvalue weighted by Gasteiger charge is -2.24. The predicted molar refractivity (Wildman–Crippen MR) is 103 cm³/mol. The number of nitrogens with one attached hydrogen (secondary N) is 3. The molecule has 0 aliphatic carbocycles. The summed E-state index contributed by atoms with van der Waals surface area (Å²) in [4.78, 5) is 47.8. The molecule has 4 atom stereocenters. The molecule has 30 heavy (non-hydrogen) atoms. The monoisotopic (exact) mass is 426 g/mol. The number of aliphatic hydroxyl groups excluding tert-OH is 3. The fourth-order valence-corrected chi connectivity index (χ4v) is 2.34. The van der Waals surface area contributed by atoms with Gasteiger partial charge in [-0.25, -0.2) is 4.79 Å². The Hall–Kier alpha value is -3.06. The van der Waals surface area contributed by atoms with Gasteiger partial charge in [-0.2, -0.15) is 0 Å². The van der Waals surface area contributed by atoms with Gasteiger partial charge in [0.05, 0.1) is 19.8 Å². The number of benzene rings is 1. The number of hydrogen-bond donors (Lipinski definition) is 8. The molecule has 1 rings (SSSR count). The molecule has 4 unspecified atom stereocenters. The van der Waals surface area contributed by atoms with E-state index in [0.717, 1.165) is 0 Å². The van der Waals surface area contributed by atoms with E-state index in [1.165, 1.54) is 0 Å². The summed E-state index contributed by atoms with van der Waals surface area (Å²) >= 11 is 0. The maximum Gasteiger partial charge on any atom is 0.328 e. The summed E-state index contributed by atoms with van der Waals surface area (Å²) in [6.45, 7) is -2.35. The Bertz CT molecular complexity index is 730. The van der Waals surface area contributed by atoms with Crippen molar-refractivity contribution in [1.82, 2.24) is 16.0 Å². The van der Waals surface area contributed by atoms with Crippen molar-refractivity contribution in [2.75, 3.05) is 19.8 Å². The van der Waals surface area contributed by atoms with Crippen molar-refractivity contribution < 1.29 is 39.6 Å². The maximum absolute atomic E-state index is 12.5. The van der Waals surface area contributed by atoms with E-state index >= 15 is 0 Å². The maximum atomic E-state index is 12.5. The molecule has 166 valence electrons. The fourth-order valence-electron chi connectivity index (χ4n) is 2.34. The summed E-state index contributed by atoms with van der Waals surface area (Å²) in [7, 11) is 0. The topological polar surface area (TPSA) is 211 Å². The Morgan fingerprint density at radius 1 is 0.767 bits per heavy atom. The van der Waals surface area contributed by atoms with Crippen LogP contribution in [0.5, 0.6) is 0 Å². The van der Waals surface area contributed by atoms with Crippen molar-refractivity contribution >= 4 is 23.7 Å². The molecule has 12 heteroatoms. The van der Waals surface area contributed by atoms with Gasteiger partial charge in [-0.1, -0.05) is 30.3 Å². The highest BCUT2D eigenvalue weighted by molar-refractivity contribution is 5.94. The molecule has 3 amide bonds. The van der Waals surface area contributed by atoms with Crippen molar-refractivity contribution in [3.63, 3.8) is 0 Å². The van der Waals surface area contributed by atoms with Crippen molar-refractivity contribution in [2.45, 2.75) is 30.6 Å². The second kappa shape index (κ2) is 12.5. The number of aliphatic hydroxyl groups is 3. The lowest BCUT2D eigenvalue weighted by atomic mass is 10.0. The Balaban J connectivity index is 2.97. The molecule has 1 aromatic carbocycles. The third-order valence-electron chi connectivity index (χ3n) is 4.06. The summed E-state index contributed by atoms with van der Waals surface area (Å²) in [6.07, 6.45) is -0.0293. The highest BCUT2D eigenvalue weighted by atomic mass is 16.4. The van der Waals surface area contributed by atoms with Gasteiger partial charge in [0, 0.05) is 6.42 Å². The van der Waals surface area contributed by atoms with Crippen LogP contribution < -0.4 is 21.7 Å². The Morgan fingerprint density at radius 3 is 1.77 bits per heavy atom. The van der Waals surface area contributed by atoms with Gasteiger partial charge in [-0.15, -0.1) is 0 Å². The van der Waals surface area contributed by atoms with Gasteiger partial charge in [0.2, 0.25) is 17.7 Å². The average molecular weight is 426 g/mol. The second-order valence-corrected chi connectivity index (χ2v) is 6.37. The minimum absolute atomic E-state index is 0.0293. The van der Waals surface area contributed by atoms with Crippen molar-refractivity contribution in [3.05, 3.63) is 35.9 Å². The molecule has 0 aliphatic heterocycles. The van der Waals surface area contributed by atoms with Gasteiger partial charge in [-0.05, 0) is 5.56 Å². The molecule has 0 aliphatic rings. The summed E-state index contributed by atoms with van der Waals surface area (Å²) in [5, 5.41) is 43.0. The molecule has 9 N–H and O–H groups in total. The first-order valence-corrected chi connectivity index (χ1v) is 8.99. The van der Waals surface area contributed by atoms with Crippen LogP contribution in [0.2, 0.25) is 0 Å². The van der Waals surface area contributed by atoms with Gasteiger partial charge in [0.15, 0.2) is 0 Å². The van der Waals surface area contributed by atoms with Crippen LogP contribution in [0.3, 0.4) is 0 Å². The molecule has 0 bridgehead atoms. The van der Waals surface area contributed by atoms with Crippen LogP contribution in [0.1, 0.15) is 5.56 Å². The number of amides is 3. The summed E-state index contributed by atoms with van der Waals surface area (Å²) in [5.41, 5.74) is 5.99. The van der Waals surface area contributed by atoms with Crippen LogP contribution in [0, 0.1) is 0 Å².